The summed E-state index contributed by atoms with van der Waals surface area (Å²) in [7, 11) is 1.52. The fourth-order valence-corrected chi connectivity index (χ4v) is 2.54. The lowest BCUT2D eigenvalue weighted by atomic mass is 10.3. The van der Waals surface area contributed by atoms with Crippen LogP contribution in [-0.4, -0.2) is 35.8 Å². The van der Waals surface area contributed by atoms with Crippen LogP contribution in [0.4, 0.5) is 10.5 Å². The summed E-state index contributed by atoms with van der Waals surface area (Å²) in [4.78, 5) is 35.4. The zero-order valence-electron chi connectivity index (χ0n) is 14.0. The van der Waals surface area contributed by atoms with E-state index in [9.17, 15) is 14.4 Å². The highest BCUT2D eigenvalue weighted by atomic mass is 79.9. The summed E-state index contributed by atoms with van der Waals surface area (Å²) >= 11 is 3.26. The van der Waals surface area contributed by atoms with E-state index in [-0.39, 0.29) is 5.69 Å². The SMILES string of the molecule is COc1cccc(NC(=O)c2c(Br)ccn2NC(=O)C(C)OC(N)=O)c1. The van der Waals surface area contributed by atoms with Crippen molar-refractivity contribution >= 4 is 39.5 Å². The molecule has 1 unspecified atom stereocenters. The van der Waals surface area contributed by atoms with Crippen molar-refractivity contribution in [3.63, 3.8) is 0 Å². The van der Waals surface area contributed by atoms with E-state index < -0.39 is 24.0 Å². The number of hydrogen-bond donors (Lipinski definition) is 3. The Hall–Kier alpha value is -3.01. The number of amides is 3. The van der Waals surface area contributed by atoms with E-state index in [0.29, 0.717) is 15.9 Å². The van der Waals surface area contributed by atoms with Crippen LogP contribution >= 0.6 is 15.9 Å². The number of carbonyl (C=O) groups excluding carboxylic acids is 3. The van der Waals surface area contributed by atoms with Crippen molar-refractivity contribution in [3.05, 3.63) is 46.7 Å². The molecule has 0 aliphatic heterocycles. The van der Waals surface area contributed by atoms with E-state index in [4.69, 9.17) is 10.5 Å². The molecule has 0 spiro atoms. The van der Waals surface area contributed by atoms with Crippen LogP contribution in [0.3, 0.4) is 0 Å². The Morgan fingerprint density at radius 2 is 2.00 bits per heavy atom. The van der Waals surface area contributed by atoms with Gasteiger partial charge in [-0.1, -0.05) is 6.07 Å². The lowest BCUT2D eigenvalue weighted by Gasteiger charge is -2.15. The minimum Gasteiger partial charge on any atom is -0.497 e. The third-order valence-corrected chi connectivity index (χ3v) is 3.91. The van der Waals surface area contributed by atoms with Gasteiger partial charge in [-0.2, -0.15) is 0 Å². The summed E-state index contributed by atoms with van der Waals surface area (Å²) in [6.45, 7) is 1.36. The molecule has 3 amide bonds. The van der Waals surface area contributed by atoms with Crippen molar-refractivity contribution < 1.29 is 23.9 Å². The first kappa shape index (κ1) is 19.3. The second-order valence-electron chi connectivity index (χ2n) is 5.12. The molecule has 0 bridgehead atoms. The number of methoxy groups -OCH3 is 1. The van der Waals surface area contributed by atoms with E-state index in [0.717, 1.165) is 0 Å². The third-order valence-electron chi connectivity index (χ3n) is 3.27. The minimum absolute atomic E-state index is 0.146. The van der Waals surface area contributed by atoms with Crippen molar-refractivity contribution in [3.8, 4) is 5.75 Å². The molecule has 9 nitrogen and oxygen atoms in total. The molecule has 0 fully saturated rings. The molecule has 10 heteroatoms. The van der Waals surface area contributed by atoms with Gasteiger partial charge in [0.15, 0.2) is 6.10 Å². The number of nitrogens with two attached hydrogens (primary N) is 1. The van der Waals surface area contributed by atoms with Gasteiger partial charge < -0.3 is 20.5 Å². The number of hydrogen-bond acceptors (Lipinski definition) is 5. The normalized spacial score (nSPS) is 11.3. The Morgan fingerprint density at radius 1 is 1.27 bits per heavy atom. The van der Waals surface area contributed by atoms with Crippen LogP contribution in [0.1, 0.15) is 17.4 Å². The number of rotatable bonds is 6. The van der Waals surface area contributed by atoms with Crippen LogP contribution in [-0.2, 0) is 9.53 Å². The molecule has 138 valence electrons. The van der Waals surface area contributed by atoms with Crippen molar-refractivity contribution in [2.75, 3.05) is 17.9 Å². The van der Waals surface area contributed by atoms with Gasteiger partial charge in [0, 0.05) is 18.0 Å². The van der Waals surface area contributed by atoms with Crippen LogP contribution in [0.25, 0.3) is 0 Å². The van der Waals surface area contributed by atoms with Crippen molar-refractivity contribution in [1.29, 1.82) is 0 Å². The molecule has 2 aromatic rings. The topological polar surface area (TPSA) is 125 Å². The number of anilines is 1. The van der Waals surface area contributed by atoms with Gasteiger partial charge in [0.25, 0.3) is 11.8 Å². The number of primary amides is 1. The van der Waals surface area contributed by atoms with E-state index >= 15 is 0 Å². The highest BCUT2D eigenvalue weighted by Crippen LogP contribution is 2.21. The number of benzene rings is 1. The van der Waals surface area contributed by atoms with E-state index in [1.54, 1.807) is 30.3 Å². The van der Waals surface area contributed by atoms with Gasteiger partial charge in [-0.25, -0.2) is 4.79 Å². The fraction of sp³-hybridized carbons (Fsp3) is 0.188. The van der Waals surface area contributed by atoms with Crippen LogP contribution in [0, 0.1) is 0 Å². The van der Waals surface area contributed by atoms with Gasteiger partial charge in [0.1, 0.15) is 11.4 Å². The second-order valence-corrected chi connectivity index (χ2v) is 5.98. The van der Waals surface area contributed by atoms with Gasteiger partial charge in [-0.3, -0.25) is 19.7 Å². The maximum Gasteiger partial charge on any atom is 0.405 e. The first-order chi connectivity index (χ1) is 12.3. The van der Waals surface area contributed by atoms with Gasteiger partial charge in [-0.15, -0.1) is 0 Å². The zero-order chi connectivity index (χ0) is 19.3. The van der Waals surface area contributed by atoms with Crippen LogP contribution in [0.5, 0.6) is 5.75 Å². The summed E-state index contributed by atoms with van der Waals surface area (Å²) in [5, 5.41) is 2.71. The molecule has 0 saturated heterocycles. The molecule has 1 atom stereocenters. The van der Waals surface area contributed by atoms with Gasteiger partial charge in [-0.05, 0) is 41.1 Å². The fourth-order valence-electron chi connectivity index (χ4n) is 2.05. The molecule has 0 aliphatic rings. The summed E-state index contributed by atoms with van der Waals surface area (Å²) in [6.07, 6.45) is -0.722. The third kappa shape index (κ3) is 4.76. The quantitative estimate of drug-likeness (QED) is 0.654. The summed E-state index contributed by atoms with van der Waals surface area (Å²) < 4.78 is 11.4. The molecule has 4 N–H and O–H groups in total. The van der Waals surface area contributed by atoms with Crippen molar-refractivity contribution in [1.82, 2.24) is 4.68 Å². The van der Waals surface area contributed by atoms with Crippen LogP contribution in [0.15, 0.2) is 41.0 Å². The summed E-state index contributed by atoms with van der Waals surface area (Å²) in [5.41, 5.74) is 8.01. The number of ether oxygens (including phenoxy) is 2. The smallest absolute Gasteiger partial charge is 0.405 e. The predicted molar refractivity (Wildman–Crippen MR) is 97.6 cm³/mol. The number of aromatic nitrogens is 1. The molecule has 1 aromatic heterocycles. The first-order valence-corrected chi connectivity index (χ1v) is 8.20. The Balaban J connectivity index is 2.16. The van der Waals surface area contributed by atoms with E-state index in [1.807, 2.05) is 0 Å². The molecule has 0 saturated carbocycles. The van der Waals surface area contributed by atoms with Gasteiger partial charge in [0.2, 0.25) is 0 Å². The lowest BCUT2D eigenvalue weighted by molar-refractivity contribution is -0.124. The van der Waals surface area contributed by atoms with Gasteiger partial charge >= 0.3 is 6.09 Å². The molecule has 2 rings (SSSR count). The average molecular weight is 425 g/mol. The molecular formula is C16H17BrN4O5. The minimum atomic E-state index is -1.12. The molecule has 26 heavy (non-hydrogen) atoms. The number of nitrogens with zero attached hydrogens (tertiary/aromatic N) is 1. The van der Waals surface area contributed by atoms with Crippen LogP contribution < -0.4 is 21.2 Å². The standard InChI is InChI=1S/C16H17BrN4O5/c1-9(26-16(18)24)14(22)20-21-7-6-12(17)13(21)15(23)19-10-4-3-5-11(8-10)25-2/h3-9H,1-2H3,(H2,18,24)(H,19,23)(H,20,22). The number of halogens is 1. The summed E-state index contributed by atoms with van der Waals surface area (Å²) in [5.74, 6) is -0.538. The second kappa shape index (κ2) is 8.39. The summed E-state index contributed by atoms with van der Waals surface area (Å²) in [6, 6.07) is 8.41. The highest BCUT2D eigenvalue weighted by molar-refractivity contribution is 9.10. The average Bonchev–Trinajstić information content (AvgIpc) is 2.94. The largest absolute Gasteiger partial charge is 0.497 e. The van der Waals surface area contributed by atoms with Crippen molar-refractivity contribution in [2.45, 2.75) is 13.0 Å². The molecule has 0 radical (unpaired) electrons. The molecule has 1 heterocycles. The Kier molecular flexibility index (Phi) is 6.23. The zero-order valence-corrected chi connectivity index (χ0v) is 15.6. The Bertz CT molecular complexity index is 836. The maximum absolute atomic E-state index is 12.6. The van der Waals surface area contributed by atoms with E-state index in [1.165, 1.54) is 24.9 Å². The lowest BCUT2D eigenvalue weighted by Crippen LogP contribution is -2.37. The van der Waals surface area contributed by atoms with Gasteiger partial charge in [0.05, 0.1) is 11.6 Å². The highest BCUT2D eigenvalue weighted by Gasteiger charge is 2.21. The number of carbonyl (C=O) groups is 3. The number of nitrogens with one attached hydrogen (secondary N) is 2. The molecule has 1 aromatic carbocycles. The molecular weight excluding hydrogens is 408 g/mol. The molecule has 0 aliphatic carbocycles. The maximum atomic E-state index is 12.6. The van der Waals surface area contributed by atoms with Crippen LogP contribution in [0.2, 0.25) is 0 Å². The monoisotopic (exact) mass is 424 g/mol. The predicted octanol–water partition coefficient (Wildman–Crippen LogP) is 2.07. The first-order valence-electron chi connectivity index (χ1n) is 7.41. The van der Waals surface area contributed by atoms with E-state index in [2.05, 4.69) is 31.4 Å². The Morgan fingerprint density at radius 3 is 2.65 bits per heavy atom. The Labute approximate surface area is 157 Å². The van der Waals surface area contributed by atoms with Crippen molar-refractivity contribution in [2.24, 2.45) is 5.73 Å².